The van der Waals surface area contributed by atoms with Gasteiger partial charge in [0.05, 0.1) is 12.7 Å². The molecule has 3 rings (SSSR count). The first-order valence-corrected chi connectivity index (χ1v) is 9.73. The van der Waals surface area contributed by atoms with E-state index >= 15 is 0 Å². The van der Waals surface area contributed by atoms with Gasteiger partial charge in [0.2, 0.25) is 0 Å². The number of hydrogen-bond donors (Lipinski definition) is 0. The van der Waals surface area contributed by atoms with Crippen LogP contribution in [0, 0.1) is 0 Å². The van der Waals surface area contributed by atoms with Crippen LogP contribution in [0.3, 0.4) is 0 Å². The van der Waals surface area contributed by atoms with Crippen molar-refractivity contribution in [3.63, 3.8) is 0 Å². The van der Waals surface area contributed by atoms with Crippen molar-refractivity contribution in [2.75, 3.05) is 13.2 Å². The average molecular weight is 330 g/mol. The summed E-state index contributed by atoms with van der Waals surface area (Å²) in [4.78, 5) is 0. The lowest BCUT2D eigenvalue weighted by molar-refractivity contribution is -0.0192. The Morgan fingerprint density at radius 1 is 1.43 bits per heavy atom. The van der Waals surface area contributed by atoms with E-state index < -0.39 is 10.2 Å². The number of ether oxygens (including phenoxy) is 1. The molecule has 0 radical (unpaired) electrons. The Kier molecular flexibility index (Phi) is 4.38. The quantitative estimate of drug-likeness (QED) is 0.830. The van der Waals surface area contributed by atoms with Gasteiger partial charge in [0, 0.05) is 25.2 Å². The average Bonchev–Trinajstić information content (AvgIpc) is 3.14. The minimum atomic E-state index is -3.43. The summed E-state index contributed by atoms with van der Waals surface area (Å²) in [5.74, 6) is 0. The molecule has 1 aromatic rings. The van der Waals surface area contributed by atoms with Gasteiger partial charge in [-0.15, -0.1) is 0 Å². The molecule has 0 spiro atoms. The highest BCUT2D eigenvalue weighted by molar-refractivity contribution is 7.86. The summed E-state index contributed by atoms with van der Waals surface area (Å²) in [7, 11) is -3.43. The summed E-state index contributed by atoms with van der Waals surface area (Å²) >= 11 is 1.61. The predicted octanol–water partition coefficient (Wildman–Crippen LogP) is 2.07. The van der Waals surface area contributed by atoms with Crippen LogP contribution in [0.1, 0.15) is 32.3 Å². The number of thiophene rings is 1. The Labute approximate surface area is 130 Å². The molecule has 2 fully saturated rings. The molecule has 0 N–H and O–H groups in total. The molecule has 0 bridgehead atoms. The van der Waals surface area contributed by atoms with Crippen molar-refractivity contribution >= 4 is 21.5 Å². The molecule has 0 aromatic carbocycles. The van der Waals surface area contributed by atoms with Crippen LogP contribution in [0.15, 0.2) is 16.8 Å². The molecule has 5 nitrogen and oxygen atoms in total. The zero-order valence-electron chi connectivity index (χ0n) is 12.4. The maximum atomic E-state index is 13.0. The fraction of sp³-hybridized carbons (Fsp3) is 0.714. The third-order valence-corrected chi connectivity index (χ3v) is 6.87. The largest absolute Gasteiger partial charge is 0.375 e. The van der Waals surface area contributed by atoms with Crippen molar-refractivity contribution in [1.82, 2.24) is 8.61 Å². The number of morpholine rings is 1. The second-order valence-corrected chi connectivity index (χ2v) is 8.59. The molecule has 2 heterocycles. The van der Waals surface area contributed by atoms with Crippen LogP contribution in [-0.2, 0) is 21.5 Å². The highest BCUT2D eigenvalue weighted by atomic mass is 32.2. The van der Waals surface area contributed by atoms with Gasteiger partial charge in [-0.1, -0.05) is 0 Å². The fourth-order valence-electron chi connectivity index (χ4n) is 2.65. The van der Waals surface area contributed by atoms with Gasteiger partial charge in [-0.05, 0) is 49.1 Å². The summed E-state index contributed by atoms with van der Waals surface area (Å²) < 4.78 is 35.0. The van der Waals surface area contributed by atoms with E-state index in [4.69, 9.17) is 4.74 Å². The predicted molar refractivity (Wildman–Crippen MR) is 83.4 cm³/mol. The van der Waals surface area contributed by atoms with Gasteiger partial charge in [0.1, 0.15) is 0 Å². The van der Waals surface area contributed by atoms with E-state index in [2.05, 4.69) is 0 Å². The lowest BCUT2D eigenvalue weighted by Gasteiger charge is -2.38. The molecule has 1 aliphatic carbocycles. The molecule has 2 atom stereocenters. The topological polar surface area (TPSA) is 49.9 Å². The molecule has 1 aromatic heterocycles. The standard InChI is InChI=1S/C14H22N2O3S2/c1-11-9-19-12(2)7-15(11)21(17,18)16(14-3-4-14)8-13-5-6-20-10-13/h5-6,10-12,14H,3-4,7-9H2,1-2H3/t11-,12-/m1/s1. The third-order valence-electron chi connectivity index (χ3n) is 4.02. The van der Waals surface area contributed by atoms with E-state index in [0.29, 0.717) is 19.7 Å². The second kappa shape index (κ2) is 5.96. The van der Waals surface area contributed by atoms with Gasteiger partial charge < -0.3 is 4.74 Å². The van der Waals surface area contributed by atoms with E-state index in [9.17, 15) is 8.42 Å². The maximum absolute atomic E-state index is 13.0. The summed E-state index contributed by atoms with van der Waals surface area (Å²) in [6, 6.07) is 2.07. The molecule has 1 aliphatic heterocycles. The van der Waals surface area contributed by atoms with Gasteiger partial charge in [-0.2, -0.15) is 28.4 Å². The zero-order chi connectivity index (χ0) is 15.0. The summed E-state index contributed by atoms with van der Waals surface area (Å²) in [6.07, 6.45) is 1.90. The van der Waals surface area contributed by atoms with Crippen LogP contribution in [0.2, 0.25) is 0 Å². The first-order chi connectivity index (χ1) is 9.98. The van der Waals surface area contributed by atoms with Crippen molar-refractivity contribution < 1.29 is 13.2 Å². The van der Waals surface area contributed by atoms with E-state index in [1.54, 1.807) is 19.9 Å². The Hall–Kier alpha value is -0.470. The molecule has 1 saturated heterocycles. The SMILES string of the molecule is C[C@@H]1CN(S(=O)(=O)N(Cc2ccsc2)C2CC2)[C@H](C)CO1. The van der Waals surface area contributed by atoms with Gasteiger partial charge in [0.25, 0.3) is 10.2 Å². The first kappa shape index (κ1) is 15.4. The van der Waals surface area contributed by atoms with Crippen LogP contribution in [0.25, 0.3) is 0 Å². The lowest BCUT2D eigenvalue weighted by atomic mass is 10.2. The minimum Gasteiger partial charge on any atom is -0.375 e. The molecular formula is C14H22N2O3S2. The van der Waals surface area contributed by atoms with Crippen molar-refractivity contribution in [3.05, 3.63) is 22.4 Å². The van der Waals surface area contributed by atoms with E-state index in [0.717, 1.165) is 18.4 Å². The van der Waals surface area contributed by atoms with Crippen LogP contribution < -0.4 is 0 Å². The van der Waals surface area contributed by atoms with Crippen molar-refractivity contribution in [1.29, 1.82) is 0 Å². The van der Waals surface area contributed by atoms with Gasteiger partial charge in [-0.3, -0.25) is 0 Å². The molecule has 21 heavy (non-hydrogen) atoms. The van der Waals surface area contributed by atoms with Crippen LogP contribution in [-0.4, -0.2) is 48.4 Å². The molecule has 7 heteroatoms. The van der Waals surface area contributed by atoms with Crippen LogP contribution >= 0.6 is 11.3 Å². The molecule has 0 amide bonds. The van der Waals surface area contributed by atoms with Gasteiger partial charge in [0.15, 0.2) is 0 Å². The van der Waals surface area contributed by atoms with E-state index in [1.807, 2.05) is 30.7 Å². The summed E-state index contributed by atoms with van der Waals surface area (Å²) in [5, 5.41) is 4.02. The normalized spacial score (nSPS) is 28.1. The molecule has 2 aliphatic rings. The van der Waals surface area contributed by atoms with Gasteiger partial charge >= 0.3 is 0 Å². The van der Waals surface area contributed by atoms with Crippen molar-refractivity contribution in [3.8, 4) is 0 Å². The lowest BCUT2D eigenvalue weighted by Crippen LogP contribution is -2.55. The highest BCUT2D eigenvalue weighted by Gasteiger charge is 2.43. The Morgan fingerprint density at radius 2 is 2.19 bits per heavy atom. The molecule has 1 saturated carbocycles. The summed E-state index contributed by atoms with van der Waals surface area (Å²) in [5.41, 5.74) is 1.07. The third kappa shape index (κ3) is 3.32. The Morgan fingerprint density at radius 3 is 2.81 bits per heavy atom. The van der Waals surface area contributed by atoms with Crippen LogP contribution in [0.4, 0.5) is 0 Å². The smallest absolute Gasteiger partial charge is 0.282 e. The summed E-state index contributed by atoms with van der Waals surface area (Å²) in [6.45, 7) is 5.23. The highest BCUT2D eigenvalue weighted by Crippen LogP contribution is 2.33. The minimum absolute atomic E-state index is 0.0434. The fourth-order valence-corrected chi connectivity index (χ4v) is 5.40. The number of nitrogens with zero attached hydrogens (tertiary/aromatic N) is 2. The maximum Gasteiger partial charge on any atom is 0.282 e. The number of rotatable bonds is 5. The molecule has 0 unspecified atom stereocenters. The number of hydrogen-bond acceptors (Lipinski definition) is 4. The molecular weight excluding hydrogens is 308 g/mol. The Bertz CT molecular complexity index is 569. The van der Waals surface area contributed by atoms with E-state index in [-0.39, 0.29) is 18.2 Å². The van der Waals surface area contributed by atoms with Crippen molar-refractivity contribution in [2.45, 2.75) is 51.4 Å². The Balaban J connectivity index is 1.83. The van der Waals surface area contributed by atoms with Crippen molar-refractivity contribution in [2.24, 2.45) is 0 Å². The molecule has 118 valence electrons. The monoisotopic (exact) mass is 330 g/mol. The van der Waals surface area contributed by atoms with Gasteiger partial charge in [-0.25, -0.2) is 0 Å². The zero-order valence-corrected chi connectivity index (χ0v) is 14.1. The van der Waals surface area contributed by atoms with E-state index in [1.165, 1.54) is 0 Å². The second-order valence-electron chi connectivity index (χ2n) is 5.98. The van der Waals surface area contributed by atoms with Crippen LogP contribution in [0.5, 0.6) is 0 Å². The first-order valence-electron chi connectivity index (χ1n) is 7.40.